The lowest BCUT2D eigenvalue weighted by molar-refractivity contribution is 0.489. The molecule has 0 aliphatic carbocycles. The quantitative estimate of drug-likeness (QED) is 0.676. The fraction of sp³-hybridized carbons (Fsp3) is 0.0625. The summed E-state index contributed by atoms with van der Waals surface area (Å²) in [5.74, 6) is 0. The van der Waals surface area contributed by atoms with Gasteiger partial charge in [-0.25, -0.2) is 9.67 Å². The number of nitriles is 1. The van der Waals surface area contributed by atoms with Crippen molar-refractivity contribution in [3.05, 3.63) is 66.2 Å². The molecule has 8 nitrogen and oxygen atoms in total. The molecule has 1 aromatic heterocycles. The molecule has 0 spiro atoms. The molecule has 0 bridgehead atoms. The van der Waals surface area contributed by atoms with E-state index in [-0.39, 0.29) is 5.69 Å². The highest BCUT2D eigenvalue weighted by Gasteiger charge is 2.08. The summed E-state index contributed by atoms with van der Waals surface area (Å²) in [5, 5.41) is 13.3. The van der Waals surface area contributed by atoms with Crippen molar-refractivity contribution < 1.29 is 13.0 Å². The second-order valence-electron chi connectivity index (χ2n) is 5.23. The second-order valence-corrected chi connectivity index (χ2v) is 6.39. The molecule has 0 saturated carbocycles. The van der Waals surface area contributed by atoms with Crippen LogP contribution in [-0.2, 0) is 16.8 Å². The van der Waals surface area contributed by atoms with Crippen LogP contribution in [0.1, 0.15) is 11.1 Å². The van der Waals surface area contributed by atoms with Gasteiger partial charge in [0.05, 0.1) is 23.9 Å². The van der Waals surface area contributed by atoms with Crippen LogP contribution in [0.2, 0.25) is 0 Å². The Labute approximate surface area is 144 Å². The number of hydrogen-bond acceptors (Lipinski definition) is 5. The summed E-state index contributed by atoms with van der Waals surface area (Å²) in [4.78, 5) is 3.89. The lowest BCUT2D eigenvalue weighted by Crippen LogP contribution is -2.09. The molecule has 0 unspecified atom stereocenters. The number of benzene rings is 2. The molecule has 1 heterocycles. The minimum absolute atomic E-state index is 0.253. The zero-order valence-corrected chi connectivity index (χ0v) is 13.7. The molecule has 3 rings (SSSR count). The van der Waals surface area contributed by atoms with Crippen LogP contribution in [0.3, 0.4) is 0 Å². The summed E-state index contributed by atoms with van der Waals surface area (Å²) in [6, 6.07) is 14.1. The van der Waals surface area contributed by atoms with Gasteiger partial charge >= 0.3 is 10.3 Å². The van der Waals surface area contributed by atoms with Crippen LogP contribution in [0.5, 0.6) is 0 Å². The summed E-state index contributed by atoms with van der Waals surface area (Å²) in [6.07, 6.45) is 3.00. The van der Waals surface area contributed by atoms with Crippen LogP contribution in [0, 0.1) is 11.3 Å². The minimum atomic E-state index is -4.30. The van der Waals surface area contributed by atoms with Gasteiger partial charge in [-0.2, -0.15) is 18.8 Å². The number of nitrogens with zero attached hydrogens (tertiary/aromatic N) is 4. The Balaban J connectivity index is 1.91. The van der Waals surface area contributed by atoms with Gasteiger partial charge in [0.15, 0.2) is 0 Å². The zero-order valence-electron chi connectivity index (χ0n) is 12.9. The van der Waals surface area contributed by atoms with E-state index in [0.717, 1.165) is 16.7 Å². The molecule has 0 fully saturated rings. The van der Waals surface area contributed by atoms with Gasteiger partial charge in [-0.15, -0.1) is 0 Å². The van der Waals surface area contributed by atoms with E-state index in [1.54, 1.807) is 41.3 Å². The van der Waals surface area contributed by atoms with Crippen molar-refractivity contribution in [2.24, 2.45) is 0 Å². The fourth-order valence-corrected chi connectivity index (χ4v) is 2.82. The fourth-order valence-electron chi connectivity index (χ4n) is 2.38. The SMILES string of the molecule is N#Cc1ccc(-c2ccc(NS(=O)(=O)O)cc2)cc1Cn1cncn1. The maximum Gasteiger partial charge on any atom is 0.357 e. The summed E-state index contributed by atoms with van der Waals surface area (Å²) < 4.78 is 34.0. The summed E-state index contributed by atoms with van der Waals surface area (Å²) >= 11 is 0. The largest absolute Gasteiger partial charge is 0.357 e. The molecular formula is C16H13N5O3S. The van der Waals surface area contributed by atoms with Crippen molar-refractivity contribution in [1.29, 1.82) is 5.26 Å². The normalized spacial score (nSPS) is 11.0. The van der Waals surface area contributed by atoms with Gasteiger partial charge in [0.1, 0.15) is 12.7 Å². The molecular weight excluding hydrogens is 342 g/mol. The van der Waals surface area contributed by atoms with Crippen molar-refractivity contribution in [3.8, 4) is 17.2 Å². The Hall–Kier alpha value is -3.22. The Morgan fingerprint density at radius 3 is 2.48 bits per heavy atom. The van der Waals surface area contributed by atoms with Crippen LogP contribution in [-0.4, -0.2) is 27.7 Å². The molecule has 2 N–H and O–H groups in total. The Kier molecular flexibility index (Phi) is 4.47. The van der Waals surface area contributed by atoms with E-state index >= 15 is 0 Å². The highest BCUT2D eigenvalue weighted by atomic mass is 32.2. The van der Waals surface area contributed by atoms with Crippen LogP contribution in [0.4, 0.5) is 5.69 Å². The van der Waals surface area contributed by atoms with Crippen molar-refractivity contribution in [3.63, 3.8) is 0 Å². The Morgan fingerprint density at radius 2 is 1.88 bits per heavy atom. The molecule has 0 atom stereocenters. The van der Waals surface area contributed by atoms with Gasteiger partial charge in [0, 0.05) is 0 Å². The molecule has 3 aromatic rings. The van der Waals surface area contributed by atoms with Gasteiger partial charge in [0.25, 0.3) is 0 Å². The molecule has 0 radical (unpaired) electrons. The van der Waals surface area contributed by atoms with Gasteiger partial charge < -0.3 is 0 Å². The molecule has 126 valence electrons. The van der Waals surface area contributed by atoms with Crippen LogP contribution in [0.15, 0.2) is 55.1 Å². The predicted molar refractivity (Wildman–Crippen MR) is 90.9 cm³/mol. The Morgan fingerprint density at radius 1 is 1.16 bits per heavy atom. The first kappa shape index (κ1) is 16.6. The molecule has 0 saturated heterocycles. The minimum Gasteiger partial charge on any atom is -0.269 e. The maximum absolute atomic E-state index is 10.8. The van der Waals surface area contributed by atoms with E-state index in [9.17, 15) is 13.7 Å². The van der Waals surface area contributed by atoms with Crippen molar-refractivity contribution in [1.82, 2.24) is 14.8 Å². The van der Waals surface area contributed by atoms with E-state index in [4.69, 9.17) is 4.55 Å². The van der Waals surface area contributed by atoms with Crippen LogP contribution < -0.4 is 4.72 Å². The molecule has 0 aliphatic rings. The highest BCUT2D eigenvalue weighted by Crippen LogP contribution is 2.24. The average molecular weight is 355 g/mol. The molecule has 0 amide bonds. The van der Waals surface area contributed by atoms with Gasteiger partial charge in [0.2, 0.25) is 0 Å². The number of anilines is 1. The van der Waals surface area contributed by atoms with E-state index in [1.165, 1.54) is 6.33 Å². The van der Waals surface area contributed by atoms with Gasteiger partial charge in [-0.05, 0) is 41.0 Å². The van der Waals surface area contributed by atoms with E-state index in [2.05, 4.69) is 16.2 Å². The first-order valence-electron chi connectivity index (χ1n) is 7.16. The summed E-state index contributed by atoms with van der Waals surface area (Å²) in [7, 11) is -4.30. The van der Waals surface area contributed by atoms with Gasteiger partial charge in [-0.3, -0.25) is 9.27 Å². The number of rotatable bonds is 5. The average Bonchev–Trinajstić information content (AvgIpc) is 3.07. The summed E-state index contributed by atoms with van der Waals surface area (Å²) in [6.45, 7) is 0.416. The second kappa shape index (κ2) is 6.72. The predicted octanol–water partition coefficient (Wildman–Crippen LogP) is 2.08. The Bertz CT molecular complexity index is 1020. The van der Waals surface area contributed by atoms with Crippen molar-refractivity contribution >= 4 is 16.0 Å². The lowest BCUT2D eigenvalue weighted by Gasteiger charge is -2.09. The number of hydrogen-bond donors (Lipinski definition) is 2. The first-order chi connectivity index (χ1) is 11.9. The van der Waals surface area contributed by atoms with E-state index < -0.39 is 10.3 Å². The van der Waals surface area contributed by atoms with E-state index in [1.807, 2.05) is 16.9 Å². The van der Waals surface area contributed by atoms with E-state index in [0.29, 0.717) is 12.1 Å². The maximum atomic E-state index is 10.8. The number of nitrogens with one attached hydrogen (secondary N) is 1. The third-order valence-corrected chi connectivity index (χ3v) is 3.98. The number of aromatic nitrogens is 3. The summed E-state index contributed by atoms with van der Waals surface area (Å²) in [5.41, 5.74) is 3.30. The van der Waals surface area contributed by atoms with Crippen molar-refractivity contribution in [2.75, 3.05) is 4.72 Å². The lowest BCUT2D eigenvalue weighted by atomic mass is 9.99. The molecule has 25 heavy (non-hydrogen) atoms. The third-order valence-electron chi connectivity index (χ3n) is 3.49. The standard InChI is InChI=1S/C16H13N5O3S/c17-8-14-2-1-13(7-15(14)9-21-11-18-10-19-21)12-3-5-16(6-4-12)20-25(22,23)24/h1-7,10-11,20H,9H2,(H,22,23,24). The molecule has 2 aromatic carbocycles. The zero-order chi connectivity index (χ0) is 17.9. The smallest absolute Gasteiger partial charge is 0.269 e. The highest BCUT2D eigenvalue weighted by molar-refractivity contribution is 7.87. The topological polar surface area (TPSA) is 121 Å². The van der Waals surface area contributed by atoms with Crippen LogP contribution in [0.25, 0.3) is 11.1 Å². The monoisotopic (exact) mass is 355 g/mol. The molecule has 9 heteroatoms. The first-order valence-corrected chi connectivity index (χ1v) is 8.60. The molecule has 0 aliphatic heterocycles. The van der Waals surface area contributed by atoms with Crippen molar-refractivity contribution in [2.45, 2.75) is 6.54 Å². The van der Waals surface area contributed by atoms with Gasteiger partial charge in [-0.1, -0.05) is 18.2 Å². The van der Waals surface area contributed by atoms with Crippen LogP contribution >= 0.6 is 0 Å². The third kappa shape index (κ3) is 4.20.